The molecule has 0 aliphatic rings. The zero-order chi connectivity index (χ0) is 16.7. The number of hydrogen-bond acceptors (Lipinski definition) is 3. The van der Waals surface area contributed by atoms with Gasteiger partial charge in [-0.3, -0.25) is 14.5 Å². The van der Waals surface area contributed by atoms with Crippen molar-refractivity contribution >= 4 is 17.5 Å². The highest BCUT2D eigenvalue weighted by Crippen LogP contribution is 2.15. The summed E-state index contributed by atoms with van der Waals surface area (Å²) in [5.74, 6) is -0.943. The Labute approximate surface area is 130 Å². The molecule has 2 N–H and O–H groups in total. The quantitative estimate of drug-likeness (QED) is 0.809. The van der Waals surface area contributed by atoms with E-state index in [0.717, 1.165) is 5.56 Å². The number of benzene rings is 1. The molecule has 1 aromatic rings. The van der Waals surface area contributed by atoms with Crippen molar-refractivity contribution in [3.8, 4) is 0 Å². The lowest BCUT2D eigenvalue weighted by Crippen LogP contribution is -2.42. The molecule has 1 aromatic carbocycles. The maximum Gasteiger partial charge on any atom is 0.238 e. The van der Waals surface area contributed by atoms with Gasteiger partial charge in [-0.05, 0) is 45.0 Å². The van der Waals surface area contributed by atoms with Crippen molar-refractivity contribution in [3.05, 3.63) is 29.6 Å². The first-order chi connectivity index (χ1) is 10.3. The molecule has 0 spiro atoms. The summed E-state index contributed by atoms with van der Waals surface area (Å²) in [5, 5.41) is 5.30. The topological polar surface area (TPSA) is 61.4 Å². The Morgan fingerprint density at radius 3 is 2.41 bits per heavy atom. The highest BCUT2D eigenvalue weighted by molar-refractivity contribution is 5.92. The molecule has 0 fully saturated rings. The molecule has 122 valence electrons. The van der Waals surface area contributed by atoms with Gasteiger partial charge in [-0.15, -0.1) is 0 Å². The van der Waals surface area contributed by atoms with Crippen molar-refractivity contribution < 1.29 is 14.0 Å². The molecule has 0 heterocycles. The summed E-state index contributed by atoms with van der Waals surface area (Å²) in [5.41, 5.74) is 0.939. The van der Waals surface area contributed by atoms with Crippen LogP contribution in [0, 0.1) is 12.7 Å². The van der Waals surface area contributed by atoms with Crippen LogP contribution in [0.25, 0.3) is 0 Å². The fourth-order valence-electron chi connectivity index (χ4n) is 1.96. The highest BCUT2D eigenvalue weighted by atomic mass is 19.1. The average molecular weight is 309 g/mol. The molecule has 0 atom stereocenters. The van der Waals surface area contributed by atoms with Crippen LogP contribution < -0.4 is 10.6 Å². The summed E-state index contributed by atoms with van der Waals surface area (Å²) in [6.07, 6.45) is 0. The number of likely N-dealkylation sites (N-methyl/N-ethyl adjacent to an activating group) is 1. The van der Waals surface area contributed by atoms with Crippen molar-refractivity contribution in [2.24, 2.45) is 0 Å². The summed E-state index contributed by atoms with van der Waals surface area (Å²) in [6, 6.07) is 4.68. The lowest BCUT2D eigenvalue weighted by molar-refractivity contribution is -0.123. The minimum absolute atomic E-state index is 0.0370. The van der Waals surface area contributed by atoms with Crippen LogP contribution in [-0.4, -0.2) is 42.4 Å². The second kappa shape index (κ2) is 8.48. The number of aryl methyl sites for hydroxylation is 1. The normalized spacial score (nSPS) is 10.9. The van der Waals surface area contributed by atoms with Gasteiger partial charge in [0.1, 0.15) is 5.82 Å². The third-order valence-electron chi connectivity index (χ3n) is 3.03. The summed E-state index contributed by atoms with van der Waals surface area (Å²) in [7, 11) is 0. The summed E-state index contributed by atoms with van der Waals surface area (Å²) in [4.78, 5) is 25.4. The van der Waals surface area contributed by atoms with Gasteiger partial charge in [0, 0.05) is 6.04 Å². The number of hydrogen-bond donors (Lipinski definition) is 2. The Morgan fingerprint density at radius 1 is 1.23 bits per heavy atom. The smallest absolute Gasteiger partial charge is 0.238 e. The minimum Gasteiger partial charge on any atom is -0.353 e. The molecular formula is C16H24FN3O2. The van der Waals surface area contributed by atoms with E-state index in [1.54, 1.807) is 17.9 Å². The Morgan fingerprint density at radius 2 is 1.86 bits per heavy atom. The number of rotatable bonds is 7. The van der Waals surface area contributed by atoms with Crippen molar-refractivity contribution in [1.82, 2.24) is 10.2 Å². The standard InChI is InChI=1S/C16H24FN3O2/c1-5-20(9-15(21)18-11(2)3)10-16(22)19-14-7-6-12(4)8-13(14)17/h6-8,11H,5,9-10H2,1-4H3,(H,18,21)(H,19,22). The van der Waals surface area contributed by atoms with Crippen LogP contribution >= 0.6 is 0 Å². The van der Waals surface area contributed by atoms with Gasteiger partial charge in [-0.1, -0.05) is 13.0 Å². The molecule has 1 rings (SSSR count). The van der Waals surface area contributed by atoms with Crippen LogP contribution in [0.2, 0.25) is 0 Å². The van der Waals surface area contributed by atoms with Gasteiger partial charge < -0.3 is 10.6 Å². The summed E-state index contributed by atoms with van der Waals surface area (Å²) >= 11 is 0. The summed E-state index contributed by atoms with van der Waals surface area (Å²) < 4.78 is 13.7. The lowest BCUT2D eigenvalue weighted by atomic mass is 10.2. The predicted octanol–water partition coefficient (Wildman–Crippen LogP) is 1.92. The van der Waals surface area contributed by atoms with E-state index in [1.165, 1.54) is 12.1 Å². The number of amides is 2. The van der Waals surface area contributed by atoms with Crippen LogP contribution in [0.15, 0.2) is 18.2 Å². The molecule has 0 aliphatic carbocycles. The van der Waals surface area contributed by atoms with E-state index < -0.39 is 5.82 Å². The van der Waals surface area contributed by atoms with Gasteiger partial charge in [0.05, 0.1) is 18.8 Å². The molecule has 0 unspecified atom stereocenters. The largest absolute Gasteiger partial charge is 0.353 e. The van der Waals surface area contributed by atoms with Crippen molar-refractivity contribution in [1.29, 1.82) is 0 Å². The number of anilines is 1. The molecular weight excluding hydrogens is 285 g/mol. The fraction of sp³-hybridized carbons (Fsp3) is 0.500. The zero-order valence-corrected chi connectivity index (χ0v) is 13.6. The molecule has 0 bridgehead atoms. The highest BCUT2D eigenvalue weighted by Gasteiger charge is 2.14. The second-order valence-corrected chi connectivity index (χ2v) is 5.56. The van der Waals surface area contributed by atoms with Crippen LogP contribution in [0.3, 0.4) is 0 Å². The van der Waals surface area contributed by atoms with Gasteiger partial charge in [-0.25, -0.2) is 4.39 Å². The van der Waals surface area contributed by atoms with E-state index >= 15 is 0 Å². The van der Waals surface area contributed by atoms with Gasteiger partial charge in [0.25, 0.3) is 0 Å². The Kier molecular flexibility index (Phi) is 6.98. The Bertz CT molecular complexity index is 532. The van der Waals surface area contributed by atoms with Crippen molar-refractivity contribution in [3.63, 3.8) is 0 Å². The van der Waals surface area contributed by atoms with Gasteiger partial charge in [0.15, 0.2) is 0 Å². The molecule has 0 radical (unpaired) electrons. The van der Waals surface area contributed by atoms with Crippen molar-refractivity contribution in [2.75, 3.05) is 25.0 Å². The average Bonchev–Trinajstić information content (AvgIpc) is 2.40. The maximum atomic E-state index is 13.7. The molecule has 22 heavy (non-hydrogen) atoms. The number of nitrogens with one attached hydrogen (secondary N) is 2. The van der Waals surface area contributed by atoms with E-state index in [9.17, 15) is 14.0 Å². The zero-order valence-electron chi connectivity index (χ0n) is 13.6. The Balaban J connectivity index is 2.56. The number of nitrogens with zero attached hydrogens (tertiary/aromatic N) is 1. The SMILES string of the molecule is CCN(CC(=O)Nc1ccc(C)cc1F)CC(=O)NC(C)C. The monoisotopic (exact) mass is 309 g/mol. The lowest BCUT2D eigenvalue weighted by Gasteiger charge is -2.20. The minimum atomic E-state index is -0.464. The van der Waals surface area contributed by atoms with E-state index in [4.69, 9.17) is 0 Å². The number of carbonyl (C=O) groups is 2. The van der Waals surface area contributed by atoms with Gasteiger partial charge >= 0.3 is 0 Å². The van der Waals surface area contributed by atoms with E-state index in [-0.39, 0.29) is 36.6 Å². The first kappa shape index (κ1) is 18.1. The first-order valence-corrected chi connectivity index (χ1v) is 7.39. The van der Waals surface area contributed by atoms with Gasteiger partial charge in [0.2, 0.25) is 11.8 Å². The maximum absolute atomic E-state index is 13.7. The van der Waals surface area contributed by atoms with Gasteiger partial charge in [-0.2, -0.15) is 0 Å². The third-order valence-corrected chi connectivity index (χ3v) is 3.03. The van der Waals surface area contributed by atoms with Crippen LogP contribution in [0.4, 0.5) is 10.1 Å². The number of carbonyl (C=O) groups excluding carboxylic acids is 2. The third kappa shape index (κ3) is 6.22. The summed E-state index contributed by atoms with van der Waals surface area (Å²) in [6.45, 7) is 8.12. The van der Waals surface area contributed by atoms with Crippen LogP contribution in [0.1, 0.15) is 26.3 Å². The molecule has 0 saturated carbocycles. The Hall–Kier alpha value is -1.95. The van der Waals surface area contributed by atoms with Crippen LogP contribution in [0.5, 0.6) is 0 Å². The van der Waals surface area contributed by atoms with Crippen LogP contribution in [-0.2, 0) is 9.59 Å². The molecule has 5 nitrogen and oxygen atoms in total. The van der Waals surface area contributed by atoms with E-state index in [1.807, 2.05) is 20.8 Å². The second-order valence-electron chi connectivity index (χ2n) is 5.56. The fourth-order valence-corrected chi connectivity index (χ4v) is 1.96. The molecule has 0 aliphatic heterocycles. The molecule has 2 amide bonds. The first-order valence-electron chi connectivity index (χ1n) is 7.39. The number of halogens is 1. The van der Waals surface area contributed by atoms with E-state index in [2.05, 4.69) is 10.6 Å². The molecule has 0 saturated heterocycles. The molecule has 0 aromatic heterocycles. The predicted molar refractivity (Wildman–Crippen MR) is 85.2 cm³/mol. The van der Waals surface area contributed by atoms with E-state index in [0.29, 0.717) is 6.54 Å². The van der Waals surface area contributed by atoms with Crippen molar-refractivity contribution in [2.45, 2.75) is 33.7 Å². The molecule has 6 heteroatoms.